The predicted octanol–water partition coefficient (Wildman–Crippen LogP) is 1.95. The van der Waals surface area contributed by atoms with Gasteiger partial charge in [-0.2, -0.15) is 0 Å². The predicted molar refractivity (Wildman–Crippen MR) is 73.7 cm³/mol. The number of likely N-dealkylation sites (tertiary alicyclic amines) is 1. The molecule has 4 nitrogen and oxygen atoms in total. The molecule has 1 saturated heterocycles. The molecule has 1 aliphatic heterocycles. The molecule has 0 unspecified atom stereocenters. The standard InChI is InChI=1S/C15H18F2N2O2/c1-10(20)19-6-4-11(5-7-19)9-18-15(21)13-3-2-12(16)8-14(13)17/h2-3,8,11H,4-7,9H2,1H3,(H,18,21). The molecule has 2 rings (SSSR count). The molecule has 1 aromatic carbocycles. The molecule has 0 saturated carbocycles. The Balaban J connectivity index is 1.83. The van der Waals surface area contributed by atoms with Gasteiger partial charge in [0.2, 0.25) is 5.91 Å². The molecule has 1 aromatic rings. The van der Waals surface area contributed by atoms with E-state index in [-0.39, 0.29) is 17.4 Å². The first-order valence-electron chi connectivity index (χ1n) is 6.96. The second kappa shape index (κ2) is 6.65. The molecule has 0 spiro atoms. The summed E-state index contributed by atoms with van der Waals surface area (Å²) in [5.41, 5.74) is -0.155. The van der Waals surface area contributed by atoms with Crippen LogP contribution in [0.1, 0.15) is 30.1 Å². The van der Waals surface area contributed by atoms with Crippen LogP contribution in [0.4, 0.5) is 8.78 Å². The summed E-state index contributed by atoms with van der Waals surface area (Å²) in [5, 5.41) is 2.67. The minimum absolute atomic E-state index is 0.0610. The van der Waals surface area contributed by atoms with Gasteiger partial charge >= 0.3 is 0 Å². The number of halogens is 2. The summed E-state index contributed by atoms with van der Waals surface area (Å²) in [4.78, 5) is 24.8. The minimum atomic E-state index is -0.862. The SMILES string of the molecule is CC(=O)N1CCC(CNC(=O)c2ccc(F)cc2F)CC1. The summed E-state index contributed by atoms with van der Waals surface area (Å²) in [7, 11) is 0. The van der Waals surface area contributed by atoms with Crippen LogP contribution in [0.3, 0.4) is 0 Å². The van der Waals surface area contributed by atoms with Gasteiger partial charge in [-0.3, -0.25) is 9.59 Å². The van der Waals surface area contributed by atoms with Crippen LogP contribution < -0.4 is 5.32 Å². The number of carbonyl (C=O) groups is 2. The van der Waals surface area contributed by atoms with Gasteiger partial charge in [-0.1, -0.05) is 0 Å². The van der Waals surface area contributed by atoms with Crippen LogP contribution in [-0.4, -0.2) is 36.3 Å². The van der Waals surface area contributed by atoms with E-state index in [1.165, 1.54) is 0 Å². The molecule has 0 aliphatic carbocycles. The highest BCUT2D eigenvalue weighted by Crippen LogP contribution is 2.17. The van der Waals surface area contributed by atoms with E-state index in [0.717, 1.165) is 25.0 Å². The van der Waals surface area contributed by atoms with E-state index in [0.29, 0.717) is 25.7 Å². The molecule has 0 bridgehead atoms. The van der Waals surface area contributed by atoms with Crippen molar-refractivity contribution in [2.24, 2.45) is 5.92 Å². The van der Waals surface area contributed by atoms with E-state index in [2.05, 4.69) is 5.32 Å². The van der Waals surface area contributed by atoms with Gasteiger partial charge in [-0.05, 0) is 30.9 Å². The van der Waals surface area contributed by atoms with Crippen LogP contribution >= 0.6 is 0 Å². The van der Waals surface area contributed by atoms with Crippen molar-refractivity contribution >= 4 is 11.8 Å². The largest absolute Gasteiger partial charge is 0.352 e. The summed E-state index contributed by atoms with van der Waals surface area (Å²) < 4.78 is 26.2. The maximum absolute atomic E-state index is 13.5. The second-order valence-corrected chi connectivity index (χ2v) is 5.28. The number of nitrogens with zero attached hydrogens (tertiary/aromatic N) is 1. The molecular formula is C15H18F2N2O2. The smallest absolute Gasteiger partial charge is 0.254 e. The van der Waals surface area contributed by atoms with Crippen molar-refractivity contribution < 1.29 is 18.4 Å². The molecule has 0 aromatic heterocycles. The topological polar surface area (TPSA) is 49.4 Å². The van der Waals surface area contributed by atoms with Crippen molar-refractivity contribution in [2.75, 3.05) is 19.6 Å². The highest BCUT2D eigenvalue weighted by Gasteiger charge is 2.21. The molecule has 114 valence electrons. The van der Waals surface area contributed by atoms with Crippen molar-refractivity contribution in [1.29, 1.82) is 0 Å². The lowest BCUT2D eigenvalue weighted by atomic mass is 9.96. The number of hydrogen-bond donors (Lipinski definition) is 1. The molecular weight excluding hydrogens is 278 g/mol. The number of amides is 2. The quantitative estimate of drug-likeness (QED) is 0.927. The molecule has 1 heterocycles. The molecule has 1 fully saturated rings. The van der Waals surface area contributed by atoms with Crippen molar-refractivity contribution in [3.05, 3.63) is 35.4 Å². The Morgan fingerprint density at radius 3 is 2.52 bits per heavy atom. The molecule has 1 N–H and O–H groups in total. The molecule has 0 radical (unpaired) electrons. The fourth-order valence-electron chi connectivity index (χ4n) is 2.46. The van der Waals surface area contributed by atoms with E-state index >= 15 is 0 Å². The zero-order valence-corrected chi connectivity index (χ0v) is 11.9. The fraction of sp³-hybridized carbons (Fsp3) is 0.467. The Bertz CT molecular complexity index is 540. The first-order chi connectivity index (χ1) is 9.97. The monoisotopic (exact) mass is 296 g/mol. The normalized spacial score (nSPS) is 15.9. The fourth-order valence-corrected chi connectivity index (χ4v) is 2.46. The van der Waals surface area contributed by atoms with Crippen LogP contribution in [0.15, 0.2) is 18.2 Å². The molecule has 2 amide bonds. The van der Waals surface area contributed by atoms with Crippen LogP contribution in [0, 0.1) is 17.6 Å². The average Bonchev–Trinajstić information content (AvgIpc) is 2.45. The van der Waals surface area contributed by atoms with Crippen molar-refractivity contribution in [2.45, 2.75) is 19.8 Å². The van der Waals surface area contributed by atoms with Crippen molar-refractivity contribution in [1.82, 2.24) is 10.2 Å². The lowest BCUT2D eigenvalue weighted by Gasteiger charge is -2.31. The molecule has 1 aliphatic rings. The van der Waals surface area contributed by atoms with Gasteiger partial charge in [-0.15, -0.1) is 0 Å². The first kappa shape index (κ1) is 15.4. The third-order valence-corrected chi connectivity index (χ3v) is 3.79. The highest BCUT2D eigenvalue weighted by atomic mass is 19.1. The van der Waals surface area contributed by atoms with Gasteiger partial charge in [0.05, 0.1) is 5.56 Å². The summed E-state index contributed by atoms with van der Waals surface area (Å²) >= 11 is 0. The maximum Gasteiger partial charge on any atom is 0.254 e. The Labute approximate surface area is 122 Å². The van der Waals surface area contributed by atoms with Crippen LogP contribution in [-0.2, 0) is 4.79 Å². The molecule has 0 atom stereocenters. The van der Waals surface area contributed by atoms with E-state index in [1.54, 1.807) is 11.8 Å². The highest BCUT2D eigenvalue weighted by molar-refractivity contribution is 5.94. The number of nitrogens with one attached hydrogen (secondary N) is 1. The molecule has 6 heteroatoms. The van der Waals surface area contributed by atoms with E-state index < -0.39 is 17.5 Å². The molecule has 21 heavy (non-hydrogen) atoms. The summed E-state index contributed by atoms with van der Waals surface area (Å²) in [6.07, 6.45) is 1.62. The minimum Gasteiger partial charge on any atom is -0.352 e. The average molecular weight is 296 g/mol. The third-order valence-electron chi connectivity index (χ3n) is 3.79. The Morgan fingerprint density at radius 1 is 1.29 bits per heavy atom. The first-order valence-corrected chi connectivity index (χ1v) is 6.96. The summed E-state index contributed by atoms with van der Waals surface area (Å²) in [5.74, 6) is -1.78. The summed E-state index contributed by atoms with van der Waals surface area (Å²) in [6.45, 7) is 3.34. The number of rotatable bonds is 3. The van der Waals surface area contributed by atoms with Gasteiger partial charge in [0, 0.05) is 32.6 Å². The number of hydrogen-bond acceptors (Lipinski definition) is 2. The maximum atomic E-state index is 13.5. The van der Waals surface area contributed by atoms with Crippen molar-refractivity contribution in [3.63, 3.8) is 0 Å². The van der Waals surface area contributed by atoms with Gasteiger partial charge in [0.1, 0.15) is 11.6 Å². The third kappa shape index (κ3) is 4.00. The second-order valence-electron chi connectivity index (χ2n) is 5.28. The Hall–Kier alpha value is -1.98. The van der Waals surface area contributed by atoms with Gasteiger partial charge in [-0.25, -0.2) is 8.78 Å². The van der Waals surface area contributed by atoms with E-state index in [9.17, 15) is 18.4 Å². The van der Waals surface area contributed by atoms with Gasteiger partial charge in [0.15, 0.2) is 0 Å². The van der Waals surface area contributed by atoms with Crippen molar-refractivity contribution in [3.8, 4) is 0 Å². The van der Waals surface area contributed by atoms with Crippen LogP contribution in [0.25, 0.3) is 0 Å². The van der Waals surface area contributed by atoms with Crippen LogP contribution in [0.2, 0.25) is 0 Å². The lowest BCUT2D eigenvalue weighted by Crippen LogP contribution is -2.40. The Morgan fingerprint density at radius 2 is 1.95 bits per heavy atom. The number of benzene rings is 1. The zero-order chi connectivity index (χ0) is 15.4. The van der Waals surface area contributed by atoms with Gasteiger partial charge in [0.25, 0.3) is 5.91 Å². The van der Waals surface area contributed by atoms with E-state index in [1.807, 2.05) is 0 Å². The van der Waals surface area contributed by atoms with Crippen LogP contribution in [0.5, 0.6) is 0 Å². The van der Waals surface area contributed by atoms with E-state index in [4.69, 9.17) is 0 Å². The lowest BCUT2D eigenvalue weighted by molar-refractivity contribution is -0.130. The number of carbonyl (C=O) groups excluding carboxylic acids is 2. The zero-order valence-electron chi connectivity index (χ0n) is 11.9. The van der Waals surface area contributed by atoms with Gasteiger partial charge < -0.3 is 10.2 Å². The Kier molecular flexibility index (Phi) is 4.88. The summed E-state index contributed by atoms with van der Waals surface area (Å²) in [6, 6.07) is 2.89. The number of piperidine rings is 1.